The predicted molar refractivity (Wildman–Crippen MR) is 106 cm³/mol. The van der Waals surface area contributed by atoms with E-state index in [1.54, 1.807) is 0 Å². The van der Waals surface area contributed by atoms with Crippen LogP contribution in [0.3, 0.4) is 0 Å². The molecule has 2 N–H and O–H groups in total. The molecular formula is C18H13ClF2N4O3S. The second kappa shape index (κ2) is 9.39. The highest BCUT2D eigenvalue weighted by molar-refractivity contribution is 7.18. The molecule has 0 spiro atoms. The fourth-order valence-corrected chi connectivity index (χ4v) is 3.10. The fourth-order valence-electron chi connectivity index (χ4n) is 2.29. The van der Waals surface area contributed by atoms with E-state index in [9.17, 15) is 18.4 Å². The molecule has 7 nitrogen and oxygen atoms in total. The van der Waals surface area contributed by atoms with Crippen LogP contribution in [-0.4, -0.2) is 34.5 Å². The fraction of sp³-hybridized carbons (Fsp3) is 0.111. The van der Waals surface area contributed by atoms with Crippen LogP contribution in [0.15, 0.2) is 48.5 Å². The number of halogens is 3. The lowest BCUT2D eigenvalue weighted by Gasteiger charge is -2.12. The van der Waals surface area contributed by atoms with E-state index >= 15 is 0 Å². The number of carbonyl (C=O) groups is 2. The van der Waals surface area contributed by atoms with Crippen LogP contribution in [0.2, 0.25) is 0 Å². The van der Waals surface area contributed by atoms with Crippen molar-refractivity contribution in [2.24, 2.45) is 0 Å². The van der Waals surface area contributed by atoms with Crippen LogP contribution < -0.4 is 15.4 Å². The summed E-state index contributed by atoms with van der Waals surface area (Å²) >= 11 is 6.60. The highest BCUT2D eigenvalue weighted by Gasteiger charge is 2.17. The first-order valence-corrected chi connectivity index (χ1v) is 9.46. The molecule has 0 bridgehead atoms. The molecule has 0 aliphatic heterocycles. The number of alkyl halides is 3. The first-order valence-electron chi connectivity index (χ1n) is 8.11. The molecule has 0 aliphatic rings. The molecular weight excluding hydrogens is 426 g/mol. The largest absolute Gasteiger partial charge is 0.433 e. The number of nitrogens with zero attached hydrogens (tertiary/aromatic N) is 2. The maximum atomic E-state index is 12.6. The number of anilines is 2. The van der Waals surface area contributed by atoms with Crippen molar-refractivity contribution in [1.29, 1.82) is 0 Å². The molecule has 11 heteroatoms. The zero-order chi connectivity index (χ0) is 20.8. The molecule has 3 rings (SSSR count). The molecule has 1 heterocycles. The molecule has 2 amide bonds. The summed E-state index contributed by atoms with van der Waals surface area (Å²) < 4.78 is 29.5. The average Bonchev–Trinajstić information content (AvgIpc) is 3.18. The van der Waals surface area contributed by atoms with Crippen LogP contribution in [0.25, 0.3) is 10.6 Å². The minimum absolute atomic E-state index is 0.0907. The van der Waals surface area contributed by atoms with Crippen LogP contribution in [0.4, 0.5) is 19.6 Å². The summed E-state index contributed by atoms with van der Waals surface area (Å²) in [6, 6.07) is 12.9. The number of nitrogens with one attached hydrogen (secondary N) is 2. The topological polar surface area (TPSA) is 93.2 Å². The van der Waals surface area contributed by atoms with Crippen molar-refractivity contribution in [3.05, 3.63) is 54.1 Å². The van der Waals surface area contributed by atoms with Gasteiger partial charge in [0.1, 0.15) is 16.6 Å². The van der Waals surface area contributed by atoms with E-state index in [0.717, 1.165) is 11.6 Å². The third-order valence-corrected chi connectivity index (χ3v) is 4.65. The molecule has 0 radical (unpaired) electrons. The quantitative estimate of drug-likeness (QED) is 0.538. The Labute approximate surface area is 172 Å². The molecule has 29 heavy (non-hydrogen) atoms. The van der Waals surface area contributed by atoms with E-state index in [2.05, 4.69) is 25.6 Å². The Morgan fingerprint density at radius 1 is 1.10 bits per heavy atom. The van der Waals surface area contributed by atoms with E-state index in [1.165, 1.54) is 23.5 Å². The van der Waals surface area contributed by atoms with Gasteiger partial charge in [-0.1, -0.05) is 41.7 Å². The van der Waals surface area contributed by atoms with Crippen molar-refractivity contribution in [3.8, 4) is 16.3 Å². The Balaban J connectivity index is 1.79. The van der Waals surface area contributed by atoms with Gasteiger partial charge in [0.25, 0.3) is 5.91 Å². The lowest BCUT2D eigenvalue weighted by atomic mass is 10.1. The lowest BCUT2D eigenvalue weighted by molar-refractivity contribution is -0.114. The van der Waals surface area contributed by atoms with Crippen LogP contribution in [-0.2, 0) is 4.79 Å². The Hall–Kier alpha value is -3.11. The van der Waals surface area contributed by atoms with Crippen molar-refractivity contribution in [1.82, 2.24) is 10.2 Å². The van der Waals surface area contributed by atoms with E-state index < -0.39 is 24.3 Å². The van der Waals surface area contributed by atoms with E-state index in [1.807, 2.05) is 30.3 Å². The van der Waals surface area contributed by atoms with Crippen LogP contribution in [0, 0.1) is 0 Å². The number of ether oxygens (including phenoxy) is 1. The van der Waals surface area contributed by atoms with Crippen molar-refractivity contribution < 1.29 is 23.1 Å². The number of aromatic nitrogens is 2. The van der Waals surface area contributed by atoms with Crippen molar-refractivity contribution in [2.75, 3.05) is 16.5 Å². The van der Waals surface area contributed by atoms with Gasteiger partial charge in [0.2, 0.25) is 11.0 Å². The first kappa shape index (κ1) is 20.6. The summed E-state index contributed by atoms with van der Waals surface area (Å²) in [5.74, 6) is -1.89. The van der Waals surface area contributed by atoms with Gasteiger partial charge in [-0.15, -0.1) is 21.8 Å². The summed E-state index contributed by atoms with van der Waals surface area (Å²) in [6.45, 7) is -3.10. The van der Waals surface area contributed by atoms with Gasteiger partial charge in [0, 0.05) is 11.1 Å². The number of hydrogen-bond donors (Lipinski definition) is 2. The third-order valence-electron chi connectivity index (χ3n) is 3.52. The molecule has 3 aromatic rings. The van der Waals surface area contributed by atoms with Crippen molar-refractivity contribution in [2.45, 2.75) is 6.61 Å². The summed E-state index contributed by atoms with van der Waals surface area (Å²) in [6.07, 6.45) is 0. The minimum Gasteiger partial charge on any atom is -0.433 e. The molecule has 1 aromatic heterocycles. The van der Waals surface area contributed by atoms with Gasteiger partial charge in [0.15, 0.2) is 0 Å². The van der Waals surface area contributed by atoms with Gasteiger partial charge in [0.05, 0.1) is 5.69 Å². The summed E-state index contributed by atoms with van der Waals surface area (Å²) in [5.41, 5.74) is 0.837. The van der Waals surface area contributed by atoms with Gasteiger partial charge in [-0.25, -0.2) is 0 Å². The second-order valence-corrected chi connectivity index (χ2v) is 6.75. The molecule has 0 aliphatic carbocycles. The third kappa shape index (κ3) is 5.46. The maximum Gasteiger partial charge on any atom is 0.387 e. The summed E-state index contributed by atoms with van der Waals surface area (Å²) in [5, 5.41) is 13.7. The molecule has 0 saturated carbocycles. The van der Waals surface area contributed by atoms with Crippen LogP contribution in [0.1, 0.15) is 10.4 Å². The zero-order valence-electron chi connectivity index (χ0n) is 14.6. The Bertz CT molecular complexity index is 1020. The molecule has 150 valence electrons. The minimum atomic E-state index is -3.10. The van der Waals surface area contributed by atoms with Gasteiger partial charge in [-0.3, -0.25) is 14.9 Å². The van der Waals surface area contributed by atoms with Crippen LogP contribution in [0.5, 0.6) is 5.75 Å². The average molecular weight is 439 g/mol. The molecule has 0 fully saturated rings. The van der Waals surface area contributed by atoms with E-state index in [-0.39, 0.29) is 22.1 Å². The Morgan fingerprint density at radius 2 is 1.86 bits per heavy atom. The normalized spacial score (nSPS) is 10.6. The predicted octanol–water partition coefficient (Wildman–Crippen LogP) is 4.24. The summed E-state index contributed by atoms with van der Waals surface area (Å²) in [4.78, 5) is 24.0. The Kier molecular flexibility index (Phi) is 6.68. The molecule has 2 aromatic carbocycles. The van der Waals surface area contributed by atoms with E-state index in [4.69, 9.17) is 11.6 Å². The molecule has 0 saturated heterocycles. The second-order valence-electron chi connectivity index (χ2n) is 5.50. The van der Waals surface area contributed by atoms with Gasteiger partial charge in [-0.2, -0.15) is 8.78 Å². The highest BCUT2D eigenvalue weighted by atomic mass is 35.5. The van der Waals surface area contributed by atoms with Gasteiger partial charge < -0.3 is 10.1 Å². The number of hydrogen-bond acceptors (Lipinski definition) is 6. The summed E-state index contributed by atoms with van der Waals surface area (Å²) in [7, 11) is 0. The first-order chi connectivity index (χ1) is 14.0. The SMILES string of the molecule is O=C(CCl)Nc1cc(C(=O)Nc2nnc(-c3ccccc3)s2)ccc1OC(F)F. The number of carbonyl (C=O) groups excluding carboxylic acids is 2. The Morgan fingerprint density at radius 3 is 2.55 bits per heavy atom. The number of amides is 2. The van der Waals surface area contributed by atoms with Crippen molar-refractivity contribution in [3.63, 3.8) is 0 Å². The van der Waals surface area contributed by atoms with Gasteiger partial charge >= 0.3 is 6.61 Å². The standard InChI is InChI=1S/C18H13ClF2N4O3S/c19-9-14(26)22-12-8-11(6-7-13(12)28-17(20)21)15(27)23-18-25-24-16(29-18)10-4-2-1-3-5-10/h1-8,17H,9H2,(H,22,26)(H,23,25,27). The van der Waals surface area contributed by atoms with Crippen molar-refractivity contribution >= 4 is 45.6 Å². The molecule has 0 unspecified atom stereocenters. The monoisotopic (exact) mass is 438 g/mol. The zero-order valence-corrected chi connectivity index (χ0v) is 16.1. The number of rotatable bonds is 7. The van der Waals surface area contributed by atoms with E-state index in [0.29, 0.717) is 5.01 Å². The lowest BCUT2D eigenvalue weighted by Crippen LogP contribution is -2.17. The smallest absolute Gasteiger partial charge is 0.387 e. The highest BCUT2D eigenvalue weighted by Crippen LogP contribution is 2.29. The maximum absolute atomic E-state index is 12.6. The van der Waals surface area contributed by atoms with Gasteiger partial charge in [-0.05, 0) is 18.2 Å². The number of benzene rings is 2. The van der Waals surface area contributed by atoms with Crippen LogP contribution >= 0.6 is 22.9 Å². The molecule has 0 atom stereocenters.